The Hall–Kier alpha value is -2.60. The molecule has 0 atom stereocenters. The second-order valence-corrected chi connectivity index (χ2v) is 7.85. The molecule has 26 heavy (non-hydrogen) atoms. The highest BCUT2D eigenvalue weighted by molar-refractivity contribution is 7.12. The average Bonchev–Trinajstić information content (AvgIpc) is 3.34. The van der Waals surface area contributed by atoms with Crippen LogP contribution in [0.25, 0.3) is 5.69 Å². The summed E-state index contributed by atoms with van der Waals surface area (Å²) in [6.45, 7) is 1.36. The van der Waals surface area contributed by atoms with Crippen LogP contribution < -0.4 is 5.32 Å². The number of carbonyl (C=O) groups is 1. The lowest BCUT2D eigenvalue weighted by molar-refractivity contribution is 0.0681. The molecule has 2 aromatic heterocycles. The number of amides is 1. The number of likely N-dealkylation sites (tertiary alicyclic amines) is 1. The topological polar surface area (TPSA) is 37.3 Å². The lowest BCUT2D eigenvalue weighted by atomic mass is 9.82. The number of hydrogen-bond acceptors (Lipinski definition) is 3. The summed E-state index contributed by atoms with van der Waals surface area (Å²) in [7, 11) is 0. The zero-order valence-electron chi connectivity index (χ0n) is 14.1. The first kappa shape index (κ1) is 15.6. The monoisotopic (exact) mass is 367 g/mol. The van der Waals surface area contributed by atoms with Crippen LogP contribution in [0.4, 0.5) is 10.1 Å². The summed E-state index contributed by atoms with van der Waals surface area (Å²) in [4.78, 5) is 15.3. The molecular weight excluding hydrogens is 349 g/mol. The van der Waals surface area contributed by atoms with Crippen LogP contribution >= 0.6 is 11.3 Å². The number of halogens is 1. The molecule has 1 spiro atoms. The van der Waals surface area contributed by atoms with Crippen molar-refractivity contribution < 1.29 is 9.18 Å². The molecule has 5 rings (SSSR count). The summed E-state index contributed by atoms with van der Waals surface area (Å²) in [6.07, 6.45) is 3.62. The van der Waals surface area contributed by atoms with Crippen LogP contribution in [-0.2, 0) is 5.54 Å². The Labute approximate surface area is 154 Å². The van der Waals surface area contributed by atoms with Gasteiger partial charge in [-0.3, -0.25) is 4.79 Å². The van der Waals surface area contributed by atoms with E-state index in [1.54, 1.807) is 6.07 Å². The molecule has 0 unspecified atom stereocenters. The van der Waals surface area contributed by atoms with E-state index in [0.29, 0.717) is 13.1 Å². The molecule has 3 aromatic rings. The second-order valence-electron chi connectivity index (χ2n) is 6.90. The normalized spacial score (nSPS) is 17.5. The summed E-state index contributed by atoms with van der Waals surface area (Å²) in [5.41, 5.74) is 2.69. The van der Waals surface area contributed by atoms with E-state index in [9.17, 15) is 9.18 Å². The van der Waals surface area contributed by atoms with Gasteiger partial charge in [0.1, 0.15) is 5.82 Å². The molecular formula is C20H18FN3OS. The third-order valence-electron chi connectivity index (χ3n) is 5.47. The molecule has 2 aliphatic heterocycles. The predicted octanol–water partition coefficient (Wildman–Crippen LogP) is 4.23. The average molecular weight is 367 g/mol. The minimum atomic E-state index is -0.267. The molecule has 1 fully saturated rings. The van der Waals surface area contributed by atoms with Gasteiger partial charge in [-0.2, -0.15) is 0 Å². The van der Waals surface area contributed by atoms with Gasteiger partial charge < -0.3 is 14.8 Å². The van der Waals surface area contributed by atoms with Crippen LogP contribution in [0.2, 0.25) is 0 Å². The molecule has 4 heterocycles. The maximum absolute atomic E-state index is 13.8. The standard InChI is InChI=1S/C20H18FN3OS/c21-14-5-6-16-15(13-14)22-20(18-4-1-9-24(16)18)7-10-23(11-8-20)19(25)17-3-2-12-26-17/h1-6,9,12-13,22H,7-8,10-11H2. The van der Waals surface area contributed by atoms with Gasteiger partial charge >= 0.3 is 0 Å². The molecule has 1 aromatic carbocycles. The fourth-order valence-corrected chi connectivity index (χ4v) is 4.84. The van der Waals surface area contributed by atoms with Gasteiger partial charge in [0.15, 0.2) is 0 Å². The Balaban J connectivity index is 1.45. The van der Waals surface area contributed by atoms with Crippen LogP contribution in [0.3, 0.4) is 0 Å². The van der Waals surface area contributed by atoms with Crippen molar-refractivity contribution in [3.8, 4) is 5.69 Å². The van der Waals surface area contributed by atoms with Gasteiger partial charge in [-0.15, -0.1) is 11.3 Å². The number of nitrogens with one attached hydrogen (secondary N) is 1. The van der Waals surface area contributed by atoms with E-state index >= 15 is 0 Å². The molecule has 0 aliphatic carbocycles. The Morgan fingerprint density at radius 2 is 2.00 bits per heavy atom. The molecule has 1 N–H and O–H groups in total. The van der Waals surface area contributed by atoms with E-state index in [2.05, 4.69) is 16.0 Å². The Morgan fingerprint density at radius 3 is 2.77 bits per heavy atom. The number of piperidine rings is 1. The third-order valence-corrected chi connectivity index (χ3v) is 6.33. The summed E-state index contributed by atoms with van der Waals surface area (Å²) in [6, 6.07) is 12.8. The fraction of sp³-hybridized carbons (Fsp3) is 0.250. The first-order valence-electron chi connectivity index (χ1n) is 8.75. The maximum atomic E-state index is 13.8. The number of nitrogens with zero attached hydrogens (tertiary/aromatic N) is 2. The van der Waals surface area contributed by atoms with E-state index in [-0.39, 0.29) is 17.3 Å². The summed E-state index contributed by atoms with van der Waals surface area (Å²) in [5, 5.41) is 5.52. The zero-order chi connectivity index (χ0) is 17.7. The van der Waals surface area contributed by atoms with E-state index < -0.39 is 0 Å². The minimum absolute atomic E-state index is 0.104. The van der Waals surface area contributed by atoms with E-state index in [1.165, 1.54) is 23.1 Å². The van der Waals surface area contributed by atoms with Crippen LogP contribution in [0, 0.1) is 5.82 Å². The minimum Gasteiger partial charge on any atom is -0.372 e. The van der Waals surface area contributed by atoms with Crippen LogP contribution in [0.5, 0.6) is 0 Å². The number of benzene rings is 1. The quantitative estimate of drug-likeness (QED) is 0.699. The number of carbonyl (C=O) groups excluding carboxylic acids is 1. The van der Waals surface area contributed by atoms with Crippen molar-refractivity contribution in [3.05, 3.63) is 70.4 Å². The van der Waals surface area contributed by atoms with E-state index in [4.69, 9.17) is 0 Å². The van der Waals surface area contributed by atoms with Crippen molar-refractivity contribution in [3.63, 3.8) is 0 Å². The number of thiophene rings is 1. The number of aromatic nitrogens is 1. The number of fused-ring (bicyclic) bond motifs is 4. The lowest BCUT2D eigenvalue weighted by Crippen LogP contribution is -2.51. The molecule has 4 nitrogen and oxygen atoms in total. The van der Waals surface area contributed by atoms with Crippen LogP contribution in [-0.4, -0.2) is 28.5 Å². The number of rotatable bonds is 1. The second kappa shape index (κ2) is 5.71. The maximum Gasteiger partial charge on any atom is 0.263 e. The summed E-state index contributed by atoms with van der Waals surface area (Å²) >= 11 is 1.48. The van der Waals surface area contributed by atoms with Crippen molar-refractivity contribution in [2.45, 2.75) is 18.4 Å². The number of anilines is 1. The van der Waals surface area contributed by atoms with Gasteiger partial charge in [-0.05, 0) is 54.6 Å². The summed E-state index contributed by atoms with van der Waals surface area (Å²) in [5.74, 6) is -0.139. The largest absolute Gasteiger partial charge is 0.372 e. The highest BCUT2D eigenvalue weighted by Crippen LogP contribution is 2.43. The Morgan fingerprint density at radius 1 is 1.15 bits per heavy atom. The zero-order valence-corrected chi connectivity index (χ0v) is 14.9. The highest BCUT2D eigenvalue weighted by Gasteiger charge is 2.42. The molecule has 132 valence electrons. The van der Waals surface area contributed by atoms with Crippen molar-refractivity contribution in [2.75, 3.05) is 18.4 Å². The van der Waals surface area contributed by atoms with Crippen molar-refractivity contribution in [2.24, 2.45) is 0 Å². The molecule has 2 aliphatic rings. The fourth-order valence-electron chi connectivity index (χ4n) is 4.15. The molecule has 0 bridgehead atoms. The van der Waals surface area contributed by atoms with Gasteiger partial charge in [0, 0.05) is 25.0 Å². The van der Waals surface area contributed by atoms with Crippen LogP contribution in [0.15, 0.2) is 54.0 Å². The molecule has 6 heteroatoms. The van der Waals surface area contributed by atoms with E-state index in [1.807, 2.05) is 40.7 Å². The van der Waals surface area contributed by atoms with Gasteiger partial charge in [0.05, 0.1) is 21.8 Å². The highest BCUT2D eigenvalue weighted by atomic mass is 32.1. The molecule has 0 radical (unpaired) electrons. The number of hydrogen-bond donors (Lipinski definition) is 1. The van der Waals surface area contributed by atoms with Crippen molar-refractivity contribution in [1.82, 2.24) is 9.47 Å². The SMILES string of the molecule is O=C(c1cccs1)N1CCC2(CC1)Nc1cc(F)ccc1-n1cccc12. The first-order valence-corrected chi connectivity index (χ1v) is 9.63. The molecule has 1 amide bonds. The third kappa shape index (κ3) is 2.29. The predicted molar refractivity (Wildman–Crippen MR) is 100 cm³/mol. The van der Waals surface area contributed by atoms with E-state index in [0.717, 1.165) is 29.1 Å². The van der Waals surface area contributed by atoms with Crippen molar-refractivity contribution >= 4 is 22.9 Å². The van der Waals surface area contributed by atoms with Crippen molar-refractivity contribution in [1.29, 1.82) is 0 Å². The van der Waals surface area contributed by atoms with Gasteiger partial charge in [0.25, 0.3) is 5.91 Å². The smallest absolute Gasteiger partial charge is 0.263 e. The Bertz CT molecular complexity index is 971. The molecule has 0 saturated carbocycles. The molecule has 1 saturated heterocycles. The first-order chi connectivity index (χ1) is 12.7. The lowest BCUT2D eigenvalue weighted by Gasteiger charge is -2.46. The van der Waals surface area contributed by atoms with Crippen LogP contribution in [0.1, 0.15) is 28.2 Å². The van der Waals surface area contributed by atoms with Gasteiger partial charge in [0.2, 0.25) is 0 Å². The Kier molecular flexibility index (Phi) is 3.43. The van der Waals surface area contributed by atoms with Gasteiger partial charge in [-0.25, -0.2) is 4.39 Å². The van der Waals surface area contributed by atoms with Gasteiger partial charge in [-0.1, -0.05) is 6.07 Å². The summed E-state index contributed by atoms with van der Waals surface area (Å²) < 4.78 is 15.9.